The Bertz CT molecular complexity index is 527. The summed E-state index contributed by atoms with van der Waals surface area (Å²) in [4.78, 5) is 29.5. The molecule has 1 aliphatic rings. The molecule has 1 saturated heterocycles. The molecule has 6 nitrogen and oxygen atoms in total. The fourth-order valence-corrected chi connectivity index (χ4v) is 2.50. The molecular weight excluding hydrogens is 280 g/mol. The zero-order valence-corrected chi connectivity index (χ0v) is 12.0. The number of aromatic nitrogens is 1. The zero-order chi connectivity index (χ0) is 14.7. The van der Waals surface area contributed by atoms with Crippen LogP contribution in [-0.4, -0.2) is 41.8 Å². The van der Waals surface area contributed by atoms with Crippen molar-refractivity contribution in [1.29, 1.82) is 0 Å². The molecule has 1 aromatic rings. The zero-order valence-electron chi connectivity index (χ0n) is 11.2. The molecule has 0 saturated carbocycles. The fraction of sp³-hybridized carbons (Fsp3) is 0.462. The van der Waals surface area contributed by atoms with Crippen molar-refractivity contribution < 1.29 is 9.59 Å². The molecule has 0 radical (unpaired) electrons. The Morgan fingerprint density at radius 3 is 2.70 bits per heavy atom. The number of piperidine rings is 1. The average Bonchev–Trinajstić information content (AvgIpc) is 2.48. The second-order valence-corrected chi connectivity index (χ2v) is 5.16. The molecule has 0 unspecified atom stereocenters. The van der Waals surface area contributed by atoms with Crippen molar-refractivity contribution in [2.75, 3.05) is 25.9 Å². The molecule has 1 aromatic heterocycles. The number of hydrogen-bond donors (Lipinski definition) is 2. The van der Waals surface area contributed by atoms with Crippen LogP contribution in [-0.2, 0) is 4.79 Å². The number of nitrogens with one attached hydrogen (secondary N) is 1. The van der Waals surface area contributed by atoms with Gasteiger partial charge in [-0.15, -0.1) is 0 Å². The molecule has 0 bridgehead atoms. The van der Waals surface area contributed by atoms with Crippen molar-refractivity contribution in [2.24, 2.45) is 5.92 Å². The third-order valence-electron chi connectivity index (χ3n) is 3.53. The van der Waals surface area contributed by atoms with Crippen molar-refractivity contribution in [3.8, 4) is 0 Å². The predicted molar refractivity (Wildman–Crippen MR) is 76.4 cm³/mol. The summed E-state index contributed by atoms with van der Waals surface area (Å²) in [6.07, 6.45) is 2.70. The van der Waals surface area contributed by atoms with Crippen molar-refractivity contribution >= 4 is 29.1 Å². The largest absolute Gasteiger partial charge is 0.397 e. The number of nitrogens with two attached hydrogens (primary N) is 1. The quantitative estimate of drug-likeness (QED) is 0.794. The molecule has 2 heterocycles. The summed E-state index contributed by atoms with van der Waals surface area (Å²) < 4.78 is 0. The first kappa shape index (κ1) is 14.6. The van der Waals surface area contributed by atoms with Crippen molar-refractivity contribution in [1.82, 2.24) is 15.2 Å². The Hall–Kier alpha value is -1.82. The number of anilines is 1. The van der Waals surface area contributed by atoms with E-state index >= 15 is 0 Å². The lowest BCUT2D eigenvalue weighted by molar-refractivity contribution is -0.125. The molecule has 2 amide bonds. The number of carbonyl (C=O) groups is 2. The van der Waals surface area contributed by atoms with E-state index in [2.05, 4.69) is 10.3 Å². The fourth-order valence-electron chi connectivity index (χ4n) is 2.34. The van der Waals surface area contributed by atoms with Crippen LogP contribution in [0.4, 0.5) is 5.69 Å². The SMILES string of the molecule is CNC(=O)C1CCN(C(=O)c2cc(Cl)ncc2N)CC1. The van der Waals surface area contributed by atoms with Crippen LogP contribution in [0.2, 0.25) is 5.15 Å². The second kappa shape index (κ2) is 6.09. The van der Waals surface area contributed by atoms with Gasteiger partial charge in [0.1, 0.15) is 5.15 Å². The number of likely N-dealkylation sites (tertiary alicyclic amines) is 1. The van der Waals surface area contributed by atoms with Gasteiger partial charge in [-0.3, -0.25) is 9.59 Å². The molecule has 1 fully saturated rings. The molecule has 0 aromatic carbocycles. The van der Waals surface area contributed by atoms with Crippen LogP contribution in [0, 0.1) is 5.92 Å². The lowest BCUT2D eigenvalue weighted by atomic mass is 9.95. The number of halogens is 1. The van der Waals surface area contributed by atoms with Gasteiger partial charge in [-0.1, -0.05) is 11.6 Å². The number of carbonyl (C=O) groups excluding carboxylic acids is 2. The van der Waals surface area contributed by atoms with E-state index in [0.717, 1.165) is 0 Å². The minimum atomic E-state index is -0.165. The van der Waals surface area contributed by atoms with Gasteiger partial charge in [0.15, 0.2) is 0 Å². The molecule has 20 heavy (non-hydrogen) atoms. The van der Waals surface area contributed by atoms with Crippen LogP contribution in [0.25, 0.3) is 0 Å². The van der Waals surface area contributed by atoms with Crippen LogP contribution in [0.3, 0.4) is 0 Å². The summed E-state index contributed by atoms with van der Waals surface area (Å²) >= 11 is 5.79. The number of amides is 2. The number of pyridine rings is 1. The molecule has 0 aliphatic carbocycles. The molecule has 108 valence electrons. The monoisotopic (exact) mass is 296 g/mol. The van der Waals surface area contributed by atoms with Gasteiger partial charge >= 0.3 is 0 Å². The summed E-state index contributed by atoms with van der Waals surface area (Å²) in [6.45, 7) is 1.08. The van der Waals surface area contributed by atoms with Crippen molar-refractivity contribution in [2.45, 2.75) is 12.8 Å². The minimum absolute atomic E-state index is 0.0255. The average molecular weight is 297 g/mol. The minimum Gasteiger partial charge on any atom is -0.397 e. The van der Waals surface area contributed by atoms with Gasteiger partial charge in [-0.25, -0.2) is 4.98 Å². The van der Waals surface area contributed by atoms with E-state index in [4.69, 9.17) is 17.3 Å². The number of hydrogen-bond acceptors (Lipinski definition) is 4. The number of nitrogens with zero attached hydrogens (tertiary/aromatic N) is 2. The molecule has 2 rings (SSSR count). The van der Waals surface area contributed by atoms with E-state index in [1.807, 2.05) is 0 Å². The lowest BCUT2D eigenvalue weighted by Crippen LogP contribution is -2.42. The molecule has 0 spiro atoms. The highest BCUT2D eigenvalue weighted by molar-refractivity contribution is 6.29. The topological polar surface area (TPSA) is 88.3 Å². The normalized spacial score (nSPS) is 16.0. The third kappa shape index (κ3) is 3.01. The van der Waals surface area contributed by atoms with E-state index in [-0.39, 0.29) is 22.9 Å². The van der Waals surface area contributed by atoms with E-state index in [9.17, 15) is 9.59 Å². The summed E-state index contributed by atoms with van der Waals surface area (Å²) in [7, 11) is 1.62. The van der Waals surface area contributed by atoms with Gasteiger partial charge in [0.25, 0.3) is 5.91 Å². The molecule has 7 heteroatoms. The summed E-state index contributed by atoms with van der Waals surface area (Å²) in [5, 5.41) is 2.88. The lowest BCUT2D eigenvalue weighted by Gasteiger charge is -2.31. The van der Waals surface area contributed by atoms with Gasteiger partial charge in [0, 0.05) is 26.1 Å². The first-order valence-corrected chi connectivity index (χ1v) is 6.82. The first-order valence-electron chi connectivity index (χ1n) is 6.44. The van der Waals surface area contributed by atoms with Crippen LogP contribution in [0.1, 0.15) is 23.2 Å². The van der Waals surface area contributed by atoms with Gasteiger partial charge in [0.05, 0.1) is 17.4 Å². The predicted octanol–water partition coefficient (Wildman–Crippen LogP) is 0.915. The Labute approximate surface area is 122 Å². The number of nitrogen functional groups attached to an aromatic ring is 1. The highest BCUT2D eigenvalue weighted by Gasteiger charge is 2.28. The van der Waals surface area contributed by atoms with Crippen LogP contribution >= 0.6 is 11.6 Å². The maximum Gasteiger partial charge on any atom is 0.256 e. The summed E-state index contributed by atoms with van der Waals surface area (Å²) in [5.74, 6) is -0.159. The molecule has 3 N–H and O–H groups in total. The Morgan fingerprint density at radius 2 is 2.10 bits per heavy atom. The Kier molecular flexibility index (Phi) is 4.44. The Morgan fingerprint density at radius 1 is 1.45 bits per heavy atom. The summed E-state index contributed by atoms with van der Waals surface area (Å²) in [6, 6.07) is 1.48. The maximum absolute atomic E-state index is 12.4. The van der Waals surface area contributed by atoms with E-state index in [1.54, 1.807) is 11.9 Å². The van der Waals surface area contributed by atoms with E-state index in [0.29, 0.717) is 37.2 Å². The van der Waals surface area contributed by atoms with Crippen LogP contribution in [0.15, 0.2) is 12.3 Å². The first-order chi connectivity index (χ1) is 9.52. The third-order valence-corrected chi connectivity index (χ3v) is 3.74. The Balaban J connectivity index is 2.05. The van der Waals surface area contributed by atoms with Gasteiger partial charge < -0.3 is 16.0 Å². The highest BCUT2D eigenvalue weighted by Crippen LogP contribution is 2.22. The van der Waals surface area contributed by atoms with E-state index < -0.39 is 0 Å². The van der Waals surface area contributed by atoms with Crippen molar-refractivity contribution in [3.05, 3.63) is 23.0 Å². The van der Waals surface area contributed by atoms with Gasteiger partial charge in [0.2, 0.25) is 5.91 Å². The molecular formula is C13H17ClN4O2. The number of rotatable bonds is 2. The maximum atomic E-state index is 12.4. The molecule has 0 atom stereocenters. The second-order valence-electron chi connectivity index (χ2n) is 4.78. The van der Waals surface area contributed by atoms with Gasteiger partial charge in [-0.2, -0.15) is 0 Å². The standard InChI is InChI=1S/C13H17ClN4O2/c1-16-12(19)8-2-4-18(5-3-8)13(20)9-6-11(14)17-7-10(9)15/h6-8H,2-5,15H2,1H3,(H,16,19). The summed E-state index contributed by atoms with van der Waals surface area (Å²) in [5.41, 5.74) is 6.44. The van der Waals surface area contributed by atoms with E-state index in [1.165, 1.54) is 12.3 Å². The van der Waals surface area contributed by atoms with Crippen LogP contribution < -0.4 is 11.1 Å². The smallest absolute Gasteiger partial charge is 0.256 e. The van der Waals surface area contributed by atoms with Gasteiger partial charge in [-0.05, 0) is 18.9 Å². The van der Waals surface area contributed by atoms with Crippen LogP contribution in [0.5, 0.6) is 0 Å². The highest BCUT2D eigenvalue weighted by atomic mass is 35.5. The van der Waals surface area contributed by atoms with Crippen molar-refractivity contribution in [3.63, 3.8) is 0 Å². The molecule has 1 aliphatic heterocycles.